The molecule has 0 aliphatic heterocycles. The molecule has 1 N–H and O–H groups in total. The Morgan fingerprint density at radius 1 is 1.40 bits per heavy atom. The second-order valence-electron chi connectivity index (χ2n) is 1.65. The average Bonchev–Trinajstić information content (AvgIpc) is 1.87. The molecule has 2 nitrogen and oxygen atoms in total. The van der Waals surface area contributed by atoms with Crippen molar-refractivity contribution in [2.45, 2.75) is 6.42 Å². The Hall–Kier alpha value is -1.31. The van der Waals surface area contributed by atoms with E-state index in [-0.39, 0.29) is 6.42 Å². The summed E-state index contributed by atoms with van der Waals surface area (Å²) in [7, 11) is 0. The van der Waals surface area contributed by atoms with Gasteiger partial charge in [0.1, 0.15) is 0 Å². The first-order valence-electron chi connectivity index (χ1n) is 2.93. The van der Waals surface area contributed by atoms with E-state index in [2.05, 4.69) is 6.58 Å². The van der Waals surface area contributed by atoms with E-state index in [1.807, 2.05) is 0 Å². The van der Waals surface area contributed by atoms with E-state index in [1.165, 1.54) is 0 Å². The minimum Gasteiger partial charge on any atom is -0.481 e. The van der Waals surface area contributed by atoms with Gasteiger partial charge in [-0.05, 0) is 0 Å². The molecule has 0 atom stereocenters. The van der Waals surface area contributed by atoms with Crippen LogP contribution in [-0.2, 0) is 4.79 Å². The zero-order valence-electron chi connectivity index (χ0n) is 5.66. The van der Waals surface area contributed by atoms with Gasteiger partial charge in [0.2, 0.25) is 0 Å². The smallest absolute Gasteiger partial charge is 0.307 e. The summed E-state index contributed by atoms with van der Waals surface area (Å²) in [4.78, 5) is 9.94. The van der Waals surface area contributed by atoms with Crippen molar-refractivity contribution >= 4 is 5.97 Å². The lowest BCUT2D eigenvalue weighted by molar-refractivity contribution is -0.135. The van der Waals surface area contributed by atoms with E-state index in [0.717, 1.165) is 0 Å². The SMILES string of the molecule is C=C/C=C\C=C\CC(=O)O. The Labute approximate surface area is 60.2 Å². The normalized spacial score (nSPS) is 10.8. The van der Waals surface area contributed by atoms with Crippen molar-refractivity contribution in [1.29, 1.82) is 0 Å². The van der Waals surface area contributed by atoms with E-state index in [9.17, 15) is 4.79 Å². The number of carboxylic acids is 1. The molecule has 0 aromatic carbocycles. The molecule has 0 radical (unpaired) electrons. The fourth-order valence-electron chi connectivity index (χ4n) is 0.390. The zero-order valence-corrected chi connectivity index (χ0v) is 5.66. The van der Waals surface area contributed by atoms with Gasteiger partial charge in [-0.2, -0.15) is 0 Å². The van der Waals surface area contributed by atoms with Crippen LogP contribution in [0.2, 0.25) is 0 Å². The molecular formula is C8H10O2. The van der Waals surface area contributed by atoms with Crippen LogP contribution in [0.15, 0.2) is 37.0 Å². The predicted molar refractivity (Wildman–Crippen MR) is 40.7 cm³/mol. The highest BCUT2D eigenvalue weighted by atomic mass is 16.4. The standard InChI is InChI=1S/C8H10O2/c1-2-3-4-5-6-7-8(9)10/h2-6H,1,7H2,(H,9,10)/b4-3-,6-5+. The molecule has 10 heavy (non-hydrogen) atoms. The zero-order chi connectivity index (χ0) is 7.82. The number of allylic oxidation sites excluding steroid dienone is 4. The van der Waals surface area contributed by atoms with E-state index in [0.29, 0.717) is 0 Å². The molecule has 0 aliphatic carbocycles. The lowest BCUT2D eigenvalue weighted by Crippen LogP contribution is -1.89. The van der Waals surface area contributed by atoms with Crippen LogP contribution in [0.5, 0.6) is 0 Å². The molecule has 54 valence electrons. The Morgan fingerprint density at radius 2 is 2.10 bits per heavy atom. The molecule has 0 unspecified atom stereocenters. The van der Waals surface area contributed by atoms with Crippen LogP contribution in [0.4, 0.5) is 0 Å². The van der Waals surface area contributed by atoms with E-state index < -0.39 is 5.97 Å². The summed E-state index contributed by atoms with van der Waals surface area (Å²) in [6.45, 7) is 3.46. The Kier molecular flexibility index (Phi) is 5.06. The summed E-state index contributed by atoms with van der Waals surface area (Å²) in [5, 5.41) is 8.17. The minimum atomic E-state index is -0.816. The quantitative estimate of drug-likeness (QED) is 0.601. The maximum atomic E-state index is 9.94. The third-order valence-corrected chi connectivity index (χ3v) is 0.787. The summed E-state index contributed by atoms with van der Waals surface area (Å²) >= 11 is 0. The third-order valence-electron chi connectivity index (χ3n) is 0.787. The lowest BCUT2D eigenvalue weighted by atomic mass is 10.3. The van der Waals surface area contributed by atoms with Crippen molar-refractivity contribution in [3.05, 3.63) is 37.0 Å². The first-order valence-corrected chi connectivity index (χ1v) is 2.93. The van der Waals surface area contributed by atoms with Crippen molar-refractivity contribution in [2.75, 3.05) is 0 Å². The fourth-order valence-corrected chi connectivity index (χ4v) is 0.390. The van der Waals surface area contributed by atoms with Gasteiger partial charge in [0.25, 0.3) is 0 Å². The summed E-state index contributed by atoms with van der Waals surface area (Å²) < 4.78 is 0. The van der Waals surface area contributed by atoms with Crippen LogP contribution < -0.4 is 0 Å². The highest BCUT2D eigenvalue weighted by molar-refractivity contribution is 5.68. The highest BCUT2D eigenvalue weighted by Crippen LogP contribution is 1.83. The van der Waals surface area contributed by atoms with E-state index in [4.69, 9.17) is 5.11 Å². The Balaban J connectivity index is 3.46. The van der Waals surface area contributed by atoms with Crippen LogP contribution in [-0.4, -0.2) is 11.1 Å². The molecule has 0 aromatic rings. The third kappa shape index (κ3) is 6.69. The number of carbonyl (C=O) groups is 1. The maximum absolute atomic E-state index is 9.94. The molecule has 0 fully saturated rings. The molecule has 0 amide bonds. The summed E-state index contributed by atoms with van der Waals surface area (Å²) in [6.07, 6.45) is 8.42. The summed E-state index contributed by atoms with van der Waals surface area (Å²) in [6, 6.07) is 0. The van der Waals surface area contributed by atoms with Crippen molar-refractivity contribution < 1.29 is 9.90 Å². The first-order chi connectivity index (χ1) is 4.77. The van der Waals surface area contributed by atoms with Gasteiger partial charge in [0.15, 0.2) is 0 Å². The highest BCUT2D eigenvalue weighted by Gasteiger charge is 1.86. The van der Waals surface area contributed by atoms with Gasteiger partial charge in [-0.1, -0.05) is 37.0 Å². The average molecular weight is 138 g/mol. The molecular weight excluding hydrogens is 128 g/mol. The van der Waals surface area contributed by atoms with Crippen molar-refractivity contribution in [3.63, 3.8) is 0 Å². The van der Waals surface area contributed by atoms with Crippen molar-refractivity contribution in [2.24, 2.45) is 0 Å². The monoisotopic (exact) mass is 138 g/mol. The van der Waals surface area contributed by atoms with Gasteiger partial charge in [-0.25, -0.2) is 0 Å². The molecule has 2 heteroatoms. The summed E-state index contributed by atoms with van der Waals surface area (Å²) in [5.74, 6) is -0.816. The molecule has 0 heterocycles. The second-order valence-corrected chi connectivity index (χ2v) is 1.65. The Bertz CT molecular complexity index is 166. The number of hydrogen-bond acceptors (Lipinski definition) is 1. The number of hydrogen-bond donors (Lipinski definition) is 1. The largest absolute Gasteiger partial charge is 0.481 e. The fraction of sp³-hybridized carbons (Fsp3) is 0.125. The molecule has 0 aliphatic rings. The maximum Gasteiger partial charge on any atom is 0.307 e. The second kappa shape index (κ2) is 5.82. The topological polar surface area (TPSA) is 37.3 Å². The van der Waals surface area contributed by atoms with Gasteiger partial charge in [0.05, 0.1) is 6.42 Å². The van der Waals surface area contributed by atoms with E-state index in [1.54, 1.807) is 30.4 Å². The number of rotatable bonds is 4. The molecule has 0 aromatic heterocycles. The van der Waals surface area contributed by atoms with Gasteiger partial charge in [-0.15, -0.1) is 0 Å². The van der Waals surface area contributed by atoms with Gasteiger partial charge < -0.3 is 5.11 Å². The summed E-state index contributed by atoms with van der Waals surface area (Å²) in [5.41, 5.74) is 0. The first kappa shape index (κ1) is 8.69. The number of aliphatic carboxylic acids is 1. The van der Waals surface area contributed by atoms with Crippen LogP contribution in [0, 0.1) is 0 Å². The molecule has 0 saturated heterocycles. The molecule has 0 bridgehead atoms. The van der Waals surface area contributed by atoms with E-state index >= 15 is 0 Å². The van der Waals surface area contributed by atoms with Crippen LogP contribution in [0.3, 0.4) is 0 Å². The van der Waals surface area contributed by atoms with Crippen LogP contribution >= 0.6 is 0 Å². The van der Waals surface area contributed by atoms with Crippen molar-refractivity contribution in [3.8, 4) is 0 Å². The lowest BCUT2D eigenvalue weighted by Gasteiger charge is -1.79. The minimum absolute atomic E-state index is 0.0709. The van der Waals surface area contributed by atoms with Crippen molar-refractivity contribution in [1.82, 2.24) is 0 Å². The van der Waals surface area contributed by atoms with Gasteiger partial charge >= 0.3 is 5.97 Å². The molecule has 0 saturated carbocycles. The van der Waals surface area contributed by atoms with Gasteiger partial charge in [0, 0.05) is 0 Å². The number of carboxylic acid groups (broad SMARTS) is 1. The van der Waals surface area contributed by atoms with Crippen LogP contribution in [0.1, 0.15) is 6.42 Å². The molecule has 0 rings (SSSR count). The van der Waals surface area contributed by atoms with Gasteiger partial charge in [-0.3, -0.25) is 4.79 Å². The predicted octanol–water partition coefficient (Wildman–Crippen LogP) is 1.76. The van der Waals surface area contributed by atoms with Crippen LogP contribution in [0.25, 0.3) is 0 Å². The Morgan fingerprint density at radius 3 is 2.60 bits per heavy atom. The molecule has 0 spiro atoms.